The number of amides is 1. The molecule has 3 heterocycles. The Labute approximate surface area is 183 Å². The summed E-state index contributed by atoms with van der Waals surface area (Å²) in [6.45, 7) is 0.958. The molecule has 0 fully saturated rings. The van der Waals surface area contributed by atoms with Crippen LogP contribution in [0.25, 0.3) is 0 Å². The van der Waals surface area contributed by atoms with Crippen molar-refractivity contribution in [2.24, 2.45) is 5.73 Å². The van der Waals surface area contributed by atoms with Crippen LogP contribution in [0.5, 0.6) is 11.5 Å². The highest BCUT2D eigenvalue weighted by Gasteiger charge is 2.33. The maximum absolute atomic E-state index is 14.0. The molecule has 9 nitrogen and oxygen atoms in total. The van der Waals surface area contributed by atoms with E-state index in [1.807, 2.05) is 0 Å². The standard InChI is InChI=1S/C21H19FN4O5S/c22-16-4-2-1-3-15(16)20(23)21(27)25-10-13-11-26(24-17(13)12-25)32(28,29)14-5-6-18-19(9-14)31-8-7-30-18/h1-6,9,11,20H,7-8,10,12,23H2/t20-/m1/s1. The predicted molar refractivity (Wildman–Crippen MR) is 110 cm³/mol. The van der Waals surface area contributed by atoms with E-state index in [4.69, 9.17) is 15.2 Å². The van der Waals surface area contributed by atoms with Crippen molar-refractivity contribution in [3.8, 4) is 11.5 Å². The van der Waals surface area contributed by atoms with E-state index in [1.165, 1.54) is 41.4 Å². The highest BCUT2D eigenvalue weighted by molar-refractivity contribution is 7.89. The Hall–Kier alpha value is -3.44. The Morgan fingerprint density at radius 1 is 1.09 bits per heavy atom. The second-order valence-electron chi connectivity index (χ2n) is 7.48. The molecule has 166 valence electrons. The number of fused-ring (bicyclic) bond motifs is 2. The summed E-state index contributed by atoms with van der Waals surface area (Å²) in [5, 5.41) is 4.18. The fourth-order valence-electron chi connectivity index (χ4n) is 3.76. The van der Waals surface area contributed by atoms with Crippen LogP contribution in [-0.2, 0) is 27.9 Å². The molecule has 0 radical (unpaired) electrons. The molecule has 11 heteroatoms. The molecule has 1 aromatic heterocycles. The number of benzene rings is 2. The molecule has 2 aliphatic rings. The van der Waals surface area contributed by atoms with Crippen LogP contribution in [0.15, 0.2) is 53.6 Å². The Morgan fingerprint density at radius 3 is 2.59 bits per heavy atom. The number of carbonyl (C=O) groups is 1. The molecule has 0 saturated heterocycles. The number of nitrogens with two attached hydrogens (primary N) is 1. The first-order valence-corrected chi connectivity index (χ1v) is 11.3. The van der Waals surface area contributed by atoms with Crippen LogP contribution in [0.4, 0.5) is 4.39 Å². The number of rotatable bonds is 4. The van der Waals surface area contributed by atoms with Gasteiger partial charge in [-0.3, -0.25) is 4.79 Å². The minimum atomic E-state index is -3.96. The van der Waals surface area contributed by atoms with Gasteiger partial charge in [-0.25, -0.2) is 4.39 Å². The Bertz CT molecular complexity index is 1300. The zero-order chi connectivity index (χ0) is 22.5. The number of ether oxygens (including phenoxy) is 2. The van der Waals surface area contributed by atoms with Gasteiger partial charge in [0.05, 0.1) is 17.1 Å². The summed E-state index contributed by atoms with van der Waals surface area (Å²) < 4.78 is 51.8. The second kappa shape index (κ2) is 7.61. The lowest BCUT2D eigenvalue weighted by Crippen LogP contribution is -2.35. The number of halogens is 1. The lowest BCUT2D eigenvalue weighted by molar-refractivity contribution is -0.133. The normalized spacial score (nSPS) is 16.0. The average Bonchev–Trinajstić information content (AvgIpc) is 3.38. The smallest absolute Gasteiger partial charge is 0.283 e. The molecule has 0 unspecified atom stereocenters. The molecule has 2 aromatic carbocycles. The van der Waals surface area contributed by atoms with Gasteiger partial charge >= 0.3 is 0 Å². The van der Waals surface area contributed by atoms with Crippen molar-refractivity contribution >= 4 is 15.9 Å². The monoisotopic (exact) mass is 458 g/mol. The summed E-state index contributed by atoms with van der Waals surface area (Å²) in [7, 11) is -3.96. The molecule has 0 saturated carbocycles. The van der Waals surface area contributed by atoms with Crippen LogP contribution < -0.4 is 15.2 Å². The number of hydrogen-bond donors (Lipinski definition) is 1. The molecule has 0 bridgehead atoms. The van der Waals surface area contributed by atoms with Gasteiger partial charge in [-0.15, -0.1) is 0 Å². The van der Waals surface area contributed by atoms with E-state index in [0.29, 0.717) is 36.0 Å². The molecule has 1 amide bonds. The van der Waals surface area contributed by atoms with Crippen LogP contribution in [0.1, 0.15) is 22.9 Å². The van der Waals surface area contributed by atoms with Gasteiger partial charge in [-0.05, 0) is 18.2 Å². The maximum atomic E-state index is 14.0. The van der Waals surface area contributed by atoms with E-state index in [0.717, 1.165) is 4.09 Å². The zero-order valence-corrected chi connectivity index (χ0v) is 17.6. The van der Waals surface area contributed by atoms with Crippen LogP contribution in [0, 0.1) is 5.82 Å². The summed E-state index contributed by atoms with van der Waals surface area (Å²) in [4.78, 5) is 14.2. The highest BCUT2D eigenvalue weighted by atomic mass is 32.2. The van der Waals surface area contributed by atoms with E-state index >= 15 is 0 Å². The summed E-state index contributed by atoms with van der Waals surface area (Å²) >= 11 is 0. The Balaban J connectivity index is 1.35. The van der Waals surface area contributed by atoms with Crippen molar-refractivity contribution in [1.29, 1.82) is 0 Å². The summed E-state index contributed by atoms with van der Waals surface area (Å²) in [5.74, 6) is -0.176. The van der Waals surface area contributed by atoms with Crippen molar-refractivity contribution in [3.63, 3.8) is 0 Å². The topological polar surface area (TPSA) is 117 Å². The van der Waals surface area contributed by atoms with Crippen LogP contribution in [-0.4, -0.2) is 41.6 Å². The first-order valence-electron chi connectivity index (χ1n) is 9.86. The van der Waals surface area contributed by atoms with Gasteiger partial charge in [0.2, 0.25) is 5.91 Å². The second-order valence-corrected chi connectivity index (χ2v) is 9.27. The van der Waals surface area contributed by atoms with Gasteiger partial charge in [0.15, 0.2) is 11.5 Å². The molecule has 3 aromatic rings. The first kappa shape index (κ1) is 20.5. The van der Waals surface area contributed by atoms with Gasteiger partial charge in [-0.1, -0.05) is 18.2 Å². The summed E-state index contributed by atoms with van der Waals surface area (Å²) in [6, 6.07) is 9.06. The fraction of sp³-hybridized carbons (Fsp3) is 0.238. The SMILES string of the molecule is N[C@@H](C(=O)N1Cc2cn(S(=O)(=O)c3ccc4c(c3)OCCO4)nc2C1)c1ccccc1F. The van der Waals surface area contributed by atoms with Crippen LogP contribution >= 0.6 is 0 Å². The quantitative estimate of drug-likeness (QED) is 0.631. The zero-order valence-electron chi connectivity index (χ0n) is 16.8. The van der Waals surface area contributed by atoms with Gasteiger partial charge in [0.1, 0.15) is 25.1 Å². The third-order valence-corrected chi connectivity index (χ3v) is 6.96. The molecule has 32 heavy (non-hydrogen) atoms. The molecule has 5 rings (SSSR count). The van der Waals surface area contributed by atoms with Gasteiger partial charge in [-0.2, -0.15) is 17.6 Å². The first-order chi connectivity index (χ1) is 15.3. The van der Waals surface area contributed by atoms with Crippen LogP contribution in [0.3, 0.4) is 0 Å². The third-order valence-electron chi connectivity index (χ3n) is 5.43. The maximum Gasteiger partial charge on any atom is 0.283 e. The molecule has 2 aliphatic heterocycles. The Kier molecular flexibility index (Phi) is 4.86. The molecule has 0 aliphatic carbocycles. The van der Waals surface area contributed by atoms with E-state index in [9.17, 15) is 17.6 Å². The minimum absolute atomic E-state index is 0.0115. The molecular formula is C21H19FN4O5S. The van der Waals surface area contributed by atoms with Crippen molar-refractivity contribution in [3.05, 3.63) is 71.3 Å². The van der Waals surface area contributed by atoms with E-state index in [-0.39, 0.29) is 23.5 Å². The minimum Gasteiger partial charge on any atom is -0.486 e. The van der Waals surface area contributed by atoms with Gasteiger partial charge in [0.25, 0.3) is 10.0 Å². The highest BCUT2D eigenvalue weighted by Crippen LogP contribution is 2.33. The number of aromatic nitrogens is 2. The molecule has 1 atom stereocenters. The van der Waals surface area contributed by atoms with E-state index in [1.54, 1.807) is 12.1 Å². The predicted octanol–water partition coefficient (Wildman–Crippen LogP) is 1.57. The third kappa shape index (κ3) is 3.39. The van der Waals surface area contributed by atoms with Crippen molar-refractivity contribution in [2.45, 2.75) is 24.0 Å². The fourth-order valence-corrected chi connectivity index (χ4v) is 4.94. The van der Waals surface area contributed by atoms with Gasteiger partial charge < -0.3 is 20.1 Å². The number of carbonyl (C=O) groups excluding carboxylic acids is 1. The molecule has 2 N–H and O–H groups in total. The lowest BCUT2D eigenvalue weighted by Gasteiger charge is -2.21. The molecule has 0 spiro atoms. The number of hydrogen-bond acceptors (Lipinski definition) is 7. The van der Waals surface area contributed by atoms with E-state index < -0.39 is 27.8 Å². The Morgan fingerprint density at radius 2 is 1.84 bits per heavy atom. The van der Waals surface area contributed by atoms with E-state index in [2.05, 4.69) is 5.10 Å². The largest absolute Gasteiger partial charge is 0.486 e. The summed E-state index contributed by atoms with van der Waals surface area (Å²) in [6.07, 6.45) is 1.38. The van der Waals surface area contributed by atoms with Crippen LogP contribution in [0.2, 0.25) is 0 Å². The van der Waals surface area contributed by atoms with Crippen molar-refractivity contribution < 1.29 is 27.1 Å². The van der Waals surface area contributed by atoms with Crippen molar-refractivity contribution in [1.82, 2.24) is 14.1 Å². The van der Waals surface area contributed by atoms with Gasteiger partial charge in [0, 0.05) is 29.9 Å². The average molecular weight is 458 g/mol. The van der Waals surface area contributed by atoms with Crippen molar-refractivity contribution in [2.75, 3.05) is 13.2 Å². The molecular weight excluding hydrogens is 439 g/mol. The lowest BCUT2D eigenvalue weighted by atomic mass is 10.1. The number of nitrogens with zero attached hydrogens (tertiary/aromatic N) is 3. The summed E-state index contributed by atoms with van der Waals surface area (Å²) in [5.41, 5.74) is 7.11.